The lowest BCUT2D eigenvalue weighted by molar-refractivity contribution is -0.437. The van der Waals surface area contributed by atoms with Crippen molar-refractivity contribution in [3.05, 3.63) is 175 Å². The molecule has 2 aliphatic heterocycles. The molecule has 0 unspecified atom stereocenters. The van der Waals surface area contributed by atoms with Gasteiger partial charge in [0.1, 0.15) is 98.7 Å². The summed E-state index contributed by atoms with van der Waals surface area (Å²) in [5, 5.41) is 52.3. The first-order valence-electron chi connectivity index (χ1n) is 40.8. The van der Waals surface area contributed by atoms with Crippen LogP contribution < -0.4 is 64.1 Å². The molecule has 6 aromatic rings. The Morgan fingerprint density at radius 3 is 1.04 bits per heavy atom. The summed E-state index contributed by atoms with van der Waals surface area (Å²) >= 11 is 11.6. The number of fused-ring (bicyclic) bond motifs is 2. The fraction of sp³-hybridized carbons (Fsp3) is 0.395. The van der Waals surface area contributed by atoms with Crippen molar-refractivity contribution >= 4 is 239 Å². The van der Waals surface area contributed by atoms with Gasteiger partial charge in [0, 0.05) is 113 Å². The topological polar surface area (TPSA) is 454 Å². The molecule has 694 valence electrons. The number of carbonyl (C=O) groups excluding carboxylic acids is 4. The Balaban J connectivity index is 1.25. The van der Waals surface area contributed by atoms with Crippen LogP contribution in [-0.2, 0) is 56.7 Å². The quantitative estimate of drug-likeness (QED) is 0.00343. The largest absolute Gasteiger partial charge is 0.484 e. The fourth-order valence-corrected chi connectivity index (χ4v) is 18.1. The van der Waals surface area contributed by atoms with Gasteiger partial charge < -0.3 is 84.5 Å². The van der Waals surface area contributed by atoms with Crippen LogP contribution >= 0.6 is 104 Å². The summed E-state index contributed by atoms with van der Waals surface area (Å²) in [6.45, 7) is 7.16. The van der Waals surface area contributed by atoms with E-state index >= 15 is 14.4 Å². The average molecular weight is 2070 g/mol. The molecule has 49 heteroatoms. The summed E-state index contributed by atoms with van der Waals surface area (Å²) in [5.74, 6) is -5.19. The van der Waals surface area contributed by atoms with E-state index in [9.17, 15) is 70.3 Å². The molecule has 2 heterocycles. The number of carboxylic acid groups (broad SMARTS) is 4. The minimum atomic E-state index is -4.60. The van der Waals surface area contributed by atoms with E-state index in [-0.39, 0.29) is 240 Å². The first-order chi connectivity index (χ1) is 61.9. The number of hydrogen-bond donors (Lipinski definition) is 10. The van der Waals surface area contributed by atoms with Gasteiger partial charge in [0.15, 0.2) is 55.6 Å². The highest BCUT2D eigenvalue weighted by Gasteiger charge is 2.49. The minimum absolute atomic E-state index is 0.00340. The van der Waals surface area contributed by atoms with Crippen LogP contribution in [-0.4, -0.2) is 251 Å². The number of rotatable bonds is 57. The van der Waals surface area contributed by atoms with E-state index in [1.54, 1.807) is 39.8 Å². The molecule has 32 nitrogen and oxygen atoms in total. The van der Waals surface area contributed by atoms with E-state index in [0.29, 0.717) is 56.2 Å². The smallest absolute Gasteiger partial charge is 0.335 e. The van der Waals surface area contributed by atoms with E-state index in [0.717, 1.165) is 0 Å². The molecule has 0 saturated carbocycles. The summed E-state index contributed by atoms with van der Waals surface area (Å²) in [7, 11) is 3.54. The van der Waals surface area contributed by atoms with Crippen LogP contribution in [0.3, 0.4) is 0 Å². The van der Waals surface area contributed by atoms with Crippen molar-refractivity contribution in [2.45, 2.75) is 103 Å². The first kappa shape index (κ1) is 107. The monoisotopic (exact) mass is 2070 g/mol. The Hall–Kier alpha value is -8.12. The number of nitrogens with zero attached hydrogens (tertiary/aromatic N) is 2. The van der Waals surface area contributed by atoms with E-state index in [4.69, 9.17) is 37.9 Å². The van der Waals surface area contributed by atoms with Gasteiger partial charge in [-0.2, -0.15) is 103 Å². The first-order valence-corrected chi connectivity index (χ1v) is 55.3. The number of halogens is 1. The SMILES string of the molecule is BSCOc1cc(C(=O)O)cc(OCI)c1CCCNC(=O)c1cc(C(=O)NCCCc2c(OCSB)cc(C(=O)O)cc2OCSB)c2c(c1)[N+](CCCS(=O)(=O)O)=C(/C=C/C=C1/N(CCCS(=O)(=O)O)c3cc(C(=O)NCCCc4c(OCSB)cc(C(=O)O)cc4OCSB)cc(C(=O)NCCCc4c(OCSB)cc(C(=O)O)cc4OCSB)c3C1(C)C)C2(C)C. The normalized spacial score (nSPS) is 13.4. The molecule has 0 radical (unpaired) electrons. The van der Waals surface area contributed by atoms with Crippen LogP contribution in [0.2, 0.25) is 0 Å². The van der Waals surface area contributed by atoms with Gasteiger partial charge in [-0.3, -0.25) is 28.3 Å². The van der Waals surface area contributed by atoms with Crippen LogP contribution in [0.5, 0.6) is 46.0 Å². The lowest BCUT2D eigenvalue weighted by Crippen LogP contribution is -2.32. The number of hydrogen-bond acceptors (Lipinski definition) is 28. The van der Waals surface area contributed by atoms with Crippen molar-refractivity contribution in [3.8, 4) is 46.0 Å². The van der Waals surface area contributed by atoms with Crippen LogP contribution in [0.4, 0.5) is 11.4 Å². The van der Waals surface area contributed by atoms with Crippen LogP contribution in [0.15, 0.2) is 96.7 Å². The zero-order valence-electron chi connectivity index (χ0n) is 73.8. The molecule has 0 spiro atoms. The predicted octanol–water partition coefficient (Wildman–Crippen LogP) is 7.19. The molecule has 0 atom stereocenters. The molecular formula is C81H103B7IN6O26S9+. The molecule has 0 aromatic heterocycles. The summed E-state index contributed by atoms with van der Waals surface area (Å²) < 4.78 is 121. The van der Waals surface area contributed by atoms with E-state index < -0.39 is 90.1 Å². The van der Waals surface area contributed by atoms with Crippen molar-refractivity contribution in [1.82, 2.24) is 21.3 Å². The van der Waals surface area contributed by atoms with Gasteiger partial charge in [0.2, 0.25) is 5.69 Å². The van der Waals surface area contributed by atoms with Gasteiger partial charge in [-0.15, -0.1) is 0 Å². The maximum absolute atomic E-state index is 15.5. The summed E-state index contributed by atoms with van der Waals surface area (Å²) in [6, 6.07) is 17.4. The molecule has 8 rings (SSSR count). The van der Waals surface area contributed by atoms with Crippen molar-refractivity contribution in [2.24, 2.45) is 0 Å². The van der Waals surface area contributed by atoms with Crippen LogP contribution in [0, 0.1) is 0 Å². The molecule has 6 aromatic carbocycles. The molecule has 10 N–H and O–H groups in total. The molecule has 0 fully saturated rings. The molecular weight excluding hydrogens is 1960 g/mol. The van der Waals surface area contributed by atoms with E-state index in [2.05, 4.69) is 21.3 Å². The number of amides is 4. The molecule has 0 saturated heterocycles. The van der Waals surface area contributed by atoms with Crippen LogP contribution in [0.25, 0.3) is 0 Å². The summed E-state index contributed by atoms with van der Waals surface area (Å²) in [5.41, 5.74) is 1.91. The van der Waals surface area contributed by atoms with E-state index in [1.165, 1.54) is 142 Å². The fourth-order valence-electron chi connectivity index (χ4n) is 15.1. The Kier molecular flexibility index (Phi) is 42.4. The Bertz CT molecular complexity index is 5390. The van der Waals surface area contributed by atoms with Gasteiger partial charge in [0.25, 0.3) is 43.9 Å². The number of nitrogens with one attached hydrogen (secondary N) is 4. The highest BCUT2D eigenvalue weighted by molar-refractivity contribution is 14.1. The van der Waals surface area contributed by atoms with Crippen molar-refractivity contribution in [1.29, 1.82) is 0 Å². The van der Waals surface area contributed by atoms with Gasteiger partial charge >= 0.3 is 23.9 Å². The number of alkyl halides is 1. The average Bonchev–Trinajstić information content (AvgIpc) is 1.57. The highest BCUT2D eigenvalue weighted by atomic mass is 127. The Morgan fingerprint density at radius 2 is 0.723 bits per heavy atom. The van der Waals surface area contributed by atoms with Crippen LogP contribution in [0.1, 0.15) is 182 Å². The predicted molar refractivity (Wildman–Crippen MR) is 543 cm³/mol. The van der Waals surface area contributed by atoms with Gasteiger partial charge in [0.05, 0.1) is 50.3 Å². The maximum Gasteiger partial charge on any atom is 0.335 e. The maximum atomic E-state index is 15.5. The molecule has 0 bridgehead atoms. The third-order valence-electron chi connectivity index (χ3n) is 20.8. The number of anilines is 1. The molecule has 130 heavy (non-hydrogen) atoms. The zero-order chi connectivity index (χ0) is 95.2. The van der Waals surface area contributed by atoms with Crippen molar-refractivity contribution < 1.29 is 127 Å². The standard InChI is InChI=1S/C81H102B7IN6O26S9/c1-80(2)68(94(22-10-24-129(108,109)110)58-28-46(72(96)90-18-6-12-52-60(114-38-89)30-48(76(100)101)31-61(52)115-39-122-82)26-56(70(58)80)74(98)92-20-8-14-54-64(118-42-125-85)34-50(78(104)105)35-65(54)119-43-126-86)16-5-17-69-81(3,4)71-57(75(99)93-21-9-15-55-66(120-44-127-87)36-51(79(106)107)37-67(55)121-45-128-88)27-47(29-59(71)95(69)23-11-25-130(111,112)113)73(97)91-19-7-13-53-62(116-40-123-83)32-49(77(102)103)33-63(53)117-41-124-84/h5,16-17,26-37H,6-15,18-25,38-45,82-88H2,1-4H3,(H9-,90,91,92,93,96,97,98,99,100,101,102,103,104,105,106,107,108,109,110,111,112,113)/p+1. The number of ether oxygens (including phenoxy) is 8. The number of allylic oxidation sites excluding steroid dienone is 4. The third-order valence-corrected chi connectivity index (χ3v) is 25.2. The number of benzene rings is 6. The Morgan fingerprint density at radius 1 is 0.415 bits per heavy atom. The second-order valence-corrected chi connectivity index (χ2v) is 40.0. The number of carboxylic acids is 4. The molecule has 4 amide bonds. The third kappa shape index (κ3) is 29.7. The summed E-state index contributed by atoms with van der Waals surface area (Å²) in [6.07, 6.45) is 6.77. The molecule has 0 aliphatic carbocycles. The Labute approximate surface area is 805 Å². The zero-order valence-corrected chi connectivity index (χ0v) is 83.3. The lowest BCUT2D eigenvalue weighted by atomic mass is 9.78. The van der Waals surface area contributed by atoms with Gasteiger partial charge in [-0.05, 0) is 167 Å². The van der Waals surface area contributed by atoms with Gasteiger partial charge in [-0.25, -0.2) is 19.2 Å². The number of aromatic carboxylic acids is 4. The highest BCUT2D eigenvalue weighted by Crippen LogP contribution is 2.51. The van der Waals surface area contributed by atoms with Crippen molar-refractivity contribution in [2.75, 3.05) is 102 Å². The number of carbonyl (C=O) groups is 8. The van der Waals surface area contributed by atoms with E-state index in [1.807, 2.05) is 100 Å². The van der Waals surface area contributed by atoms with Crippen molar-refractivity contribution in [3.63, 3.8) is 0 Å². The minimum Gasteiger partial charge on any atom is -0.484 e. The lowest BCUT2D eigenvalue weighted by Gasteiger charge is -2.27. The molecule has 2 aliphatic rings. The van der Waals surface area contributed by atoms with Gasteiger partial charge in [-0.1, -0.05) is 19.9 Å². The summed E-state index contributed by atoms with van der Waals surface area (Å²) in [4.78, 5) is 112. The second kappa shape index (κ2) is 51.4. The second-order valence-electron chi connectivity index (χ2n) is 30.5.